The molecule has 0 radical (unpaired) electrons. The molecule has 1 fully saturated rings. The fourth-order valence-corrected chi connectivity index (χ4v) is 3.80. The van der Waals surface area contributed by atoms with E-state index in [4.69, 9.17) is 9.68 Å². The van der Waals surface area contributed by atoms with Crippen LogP contribution in [-0.4, -0.2) is 47.9 Å². The Morgan fingerprint density at radius 2 is 2.05 bits per heavy atom. The zero-order chi connectivity index (χ0) is 15.5. The molecular weight excluding hydrogens is 299 g/mol. The minimum atomic E-state index is -0.332. The molecule has 2 aromatic heterocycles. The summed E-state index contributed by atoms with van der Waals surface area (Å²) in [6.07, 6.45) is 3.50. The van der Waals surface area contributed by atoms with Crippen LogP contribution >= 0.6 is 11.3 Å². The van der Waals surface area contributed by atoms with Gasteiger partial charge in [0, 0.05) is 36.8 Å². The van der Waals surface area contributed by atoms with Crippen molar-refractivity contribution in [2.24, 2.45) is 0 Å². The second-order valence-electron chi connectivity index (χ2n) is 5.45. The Hall–Kier alpha value is -1.80. The molecule has 1 aliphatic heterocycles. The average Bonchev–Trinajstić information content (AvgIpc) is 3.01. The van der Waals surface area contributed by atoms with Crippen LogP contribution in [0.4, 0.5) is 10.9 Å². The number of pyridine rings is 1. The van der Waals surface area contributed by atoms with Gasteiger partial charge in [0.1, 0.15) is 11.6 Å². The van der Waals surface area contributed by atoms with Crippen LogP contribution in [0.5, 0.6) is 5.75 Å². The molecule has 0 saturated carbocycles. The first-order chi connectivity index (χ1) is 10.7. The van der Waals surface area contributed by atoms with Crippen LogP contribution in [0.2, 0.25) is 0 Å². The fraction of sp³-hybridized carbons (Fsp3) is 0.429. The molecule has 3 heterocycles. The summed E-state index contributed by atoms with van der Waals surface area (Å²) >= 11 is 1.68. The number of aromatic nitrogens is 2. The van der Waals surface area contributed by atoms with Gasteiger partial charge in [-0.1, -0.05) is 0 Å². The van der Waals surface area contributed by atoms with Gasteiger partial charge >= 0.3 is 7.69 Å². The molecule has 3 rings (SSSR count). The van der Waals surface area contributed by atoms with Crippen molar-refractivity contribution in [1.82, 2.24) is 9.97 Å². The summed E-state index contributed by atoms with van der Waals surface area (Å²) in [5.41, 5.74) is 0. The first kappa shape index (κ1) is 15.1. The van der Waals surface area contributed by atoms with E-state index in [0.29, 0.717) is 17.8 Å². The quantitative estimate of drug-likeness (QED) is 0.857. The lowest BCUT2D eigenvalue weighted by Crippen LogP contribution is -2.57. The summed E-state index contributed by atoms with van der Waals surface area (Å²) in [7, 11) is -0.332. The molecule has 1 saturated heterocycles. The number of hydrogen-bond donors (Lipinski definition) is 1. The summed E-state index contributed by atoms with van der Waals surface area (Å²) in [5, 5.41) is 11.9. The summed E-state index contributed by atoms with van der Waals surface area (Å²) < 4.78 is 5.02. The Kier molecular flexibility index (Phi) is 4.49. The molecule has 116 valence electrons. The van der Waals surface area contributed by atoms with Crippen molar-refractivity contribution in [3.63, 3.8) is 0 Å². The second kappa shape index (κ2) is 6.54. The predicted molar refractivity (Wildman–Crippen MR) is 90.0 cm³/mol. The Labute approximate surface area is 134 Å². The Balaban J connectivity index is 1.73. The molecule has 1 N–H and O–H groups in total. The molecule has 0 amide bonds. The predicted octanol–water partition coefficient (Wildman–Crippen LogP) is 1.28. The van der Waals surface area contributed by atoms with Crippen molar-refractivity contribution in [2.75, 3.05) is 22.9 Å². The molecule has 0 bridgehead atoms. The summed E-state index contributed by atoms with van der Waals surface area (Å²) in [6.45, 7) is 6.23. The van der Waals surface area contributed by atoms with Crippen molar-refractivity contribution in [3.8, 4) is 5.75 Å². The van der Waals surface area contributed by atoms with Gasteiger partial charge < -0.3 is 19.5 Å². The maximum absolute atomic E-state index is 8.76. The van der Waals surface area contributed by atoms with Crippen LogP contribution in [0.25, 0.3) is 0 Å². The minimum Gasteiger partial charge on any atom is -0.538 e. The van der Waals surface area contributed by atoms with Crippen LogP contribution in [-0.2, 0) is 0 Å². The van der Waals surface area contributed by atoms with Gasteiger partial charge in [0.2, 0.25) is 0 Å². The molecule has 1 aliphatic rings. The summed E-state index contributed by atoms with van der Waals surface area (Å²) in [4.78, 5) is 13.5. The van der Waals surface area contributed by atoms with Crippen LogP contribution < -0.4 is 14.5 Å². The number of anilines is 2. The van der Waals surface area contributed by atoms with E-state index in [9.17, 15) is 0 Å². The van der Waals surface area contributed by atoms with Crippen molar-refractivity contribution in [2.45, 2.75) is 25.9 Å². The maximum Gasteiger partial charge on any atom is 0.504 e. The van der Waals surface area contributed by atoms with Gasteiger partial charge in [0.15, 0.2) is 5.13 Å². The fourth-order valence-electron chi connectivity index (χ4n) is 2.95. The Morgan fingerprint density at radius 3 is 2.59 bits per heavy atom. The third-order valence-corrected chi connectivity index (χ3v) is 4.62. The van der Waals surface area contributed by atoms with E-state index in [2.05, 4.69) is 33.6 Å². The SMILES string of the molecule is C[C@@H]1CN(c2ccc(OBO)cn2)C[C@H](C)N1c1nccs1. The summed E-state index contributed by atoms with van der Waals surface area (Å²) in [6, 6.07) is 4.50. The van der Waals surface area contributed by atoms with E-state index in [1.807, 2.05) is 23.7 Å². The van der Waals surface area contributed by atoms with E-state index in [1.165, 1.54) is 0 Å². The van der Waals surface area contributed by atoms with Crippen molar-refractivity contribution < 1.29 is 9.68 Å². The summed E-state index contributed by atoms with van der Waals surface area (Å²) in [5.74, 6) is 1.51. The highest BCUT2D eigenvalue weighted by atomic mass is 32.1. The number of rotatable bonds is 4. The third kappa shape index (κ3) is 3.03. The first-order valence-electron chi connectivity index (χ1n) is 7.31. The van der Waals surface area contributed by atoms with E-state index < -0.39 is 0 Å². The molecule has 0 spiro atoms. The highest BCUT2D eigenvalue weighted by Gasteiger charge is 2.31. The molecule has 22 heavy (non-hydrogen) atoms. The number of nitrogens with zero attached hydrogens (tertiary/aromatic N) is 4. The largest absolute Gasteiger partial charge is 0.538 e. The second-order valence-corrected chi connectivity index (χ2v) is 6.32. The van der Waals surface area contributed by atoms with Gasteiger partial charge in [-0.05, 0) is 26.0 Å². The third-order valence-electron chi connectivity index (χ3n) is 3.84. The van der Waals surface area contributed by atoms with Crippen LogP contribution in [0.1, 0.15) is 13.8 Å². The van der Waals surface area contributed by atoms with Crippen LogP contribution in [0, 0.1) is 0 Å². The normalized spacial score (nSPS) is 21.8. The lowest BCUT2D eigenvalue weighted by Gasteiger charge is -2.44. The topological polar surface area (TPSA) is 61.7 Å². The molecule has 8 heteroatoms. The highest BCUT2D eigenvalue weighted by Crippen LogP contribution is 2.28. The van der Waals surface area contributed by atoms with E-state index in [0.717, 1.165) is 24.0 Å². The Morgan fingerprint density at radius 1 is 1.27 bits per heavy atom. The molecule has 2 atom stereocenters. The standard InChI is InChI=1S/C14H19BN4O2S/c1-10-8-18(13-4-3-12(7-17-13)21-15-20)9-11(2)19(10)14-16-5-6-22-14/h3-7,10-11,15,20H,8-9H2,1-2H3/t10-,11+. The lowest BCUT2D eigenvalue weighted by atomic mass is 10.1. The van der Waals surface area contributed by atoms with Gasteiger partial charge in [-0.15, -0.1) is 11.3 Å². The van der Waals surface area contributed by atoms with Gasteiger partial charge in [-0.25, -0.2) is 9.97 Å². The molecule has 6 nitrogen and oxygen atoms in total. The molecule has 0 aromatic carbocycles. The van der Waals surface area contributed by atoms with Crippen LogP contribution in [0.3, 0.4) is 0 Å². The Bertz CT molecular complexity index is 583. The van der Waals surface area contributed by atoms with Gasteiger partial charge in [0.25, 0.3) is 0 Å². The smallest absolute Gasteiger partial charge is 0.504 e. The highest BCUT2D eigenvalue weighted by molar-refractivity contribution is 7.13. The van der Waals surface area contributed by atoms with Gasteiger partial charge in [-0.3, -0.25) is 0 Å². The molecule has 2 aromatic rings. The first-order valence-corrected chi connectivity index (χ1v) is 8.19. The van der Waals surface area contributed by atoms with E-state index in [1.54, 1.807) is 17.5 Å². The molecule has 0 aliphatic carbocycles. The maximum atomic E-state index is 8.76. The van der Waals surface area contributed by atoms with Gasteiger partial charge in [-0.2, -0.15) is 0 Å². The number of thiazole rings is 1. The average molecular weight is 318 g/mol. The zero-order valence-corrected chi connectivity index (χ0v) is 13.5. The van der Waals surface area contributed by atoms with Crippen LogP contribution in [0.15, 0.2) is 29.9 Å². The van der Waals surface area contributed by atoms with E-state index >= 15 is 0 Å². The molecule has 0 unspecified atom stereocenters. The van der Waals surface area contributed by atoms with Crippen molar-refractivity contribution in [3.05, 3.63) is 29.9 Å². The lowest BCUT2D eigenvalue weighted by molar-refractivity contribution is 0.451. The number of hydrogen-bond acceptors (Lipinski definition) is 7. The van der Waals surface area contributed by atoms with Gasteiger partial charge in [0.05, 0.1) is 6.20 Å². The molecular formula is C14H19BN4O2S. The minimum absolute atomic E-state index is 0.332. The number of piperazine rings is 1. The van der Waals surface area contributed by atoms with Crippen molar-refractivity contribution >= 4 is 30.0 Å². The van der Waals surface area contributed by atoms with E-state index in [-0.39, 0.29) is 7.69 Å². The van der Waals surface area contributed by atoms with Crippen molar-refractivity contribution in [1.29, 1.82) is 0 Å². The monoisotopic (exact) mass is 318 g/mol. The zero-order valence-electron chi connectivity index (χ0n) is 12.7.